The van der Waals surface area contributed by atoms with Crippen molar-refractivity contribution in [3.05, 3.63) is 18.2 Å². The lowest BCUT2D eigenvalue weighted by atomic mass is 9.78. The molecule has 0 aliphatic carbocycles. The summed E-state index contributed by atoms with van der Waals surface area (Å²) in [5.41, 5.74) is 0.561. The lowest BCUT2D eigenvalue weighted by molar-refractivity contribution is -0.147. The minimum Gasteiger partial charge on any atom is -0.486 e. The fourth-order valence-corrected chi connectivity index (χ4v) is 3.67. The van der Waals surface area contributed by atoms with E-state index in [1.807, 2.05) is 0 Å². The molecular weight excluding hydrogens is 302 g/mol. The maximum atomic E-state index is 12.6. The summed E-state index contributed by atoms with van der Waals surface area (Å²) in [5, 5.41) is 12.2. The second kappa shape index (κ2) is 5.42. The van der Waals surface area contributed by atoms with Gasteiger partial charge in [0.05, 0.1) is 24.0 Å². The molecule has 0 spiro atoms. The molecule has 1 amide bonds. The molecular formula is C16H17NO6. The number of nitrogens with one attached hydrogen (secondary N) is 1. The molecule has 7 nitrogen and oxygen atoms in total. The Morgan fingerprint density at radius 1 is 1.04 bits per heavy atom. The van der Waals surface area contributed by atoms with E-state index in [0.29, 0.717) is 36.8 Å². The topological polar surface area (TPSA) is 94.1 Å². The zero-order chi connectivity index (χ0) is 16.0. The summed E-state index contributed by atoms with van der Waals surface area (Å²) < 4.78 is 16.5. The van der Waals surface area contributed by atoms with Gasteiger partial charge in [-0.05, 0) is 25.0 Å². The van der Waals surface area contributed by atoms with Gasteiger partial charge in [0.25, 0.3) is 0 Å². The van der Waals surface area contributed by atoms with Gasteiger partial charge in [0.15, 0.2) is 11.5 Å². The van der Waals surface area contributed by atoms with Crippen LogP contribution in [0, 0.1) is 11.8 Å². The van der Waals surface area contributed by atoms with Crippen LogP contribution in [0.15, 0.2) is 18.2 Å². The van der Waals surface area contributed by atoms with Gasteiger partial charge in [-0.3, -0.25) is 9.59 Å². The molecule has 2 N–H and O–H groups in total. The van der Waals surface area contributed by atoms with Crippen LogP contribution in [0.4, 0.5) is 5.69 Å². The maximum Gasteiger partial charge on any atom is 0.310 e. The first-order valence-corrected chi connectivity index (χ1v) is 7.72. The number of benzene rings is 1. The molecule has 23 heavy (non-hydrogen) atoms. The van der Waals surface area contributed by atoms with E-state index < -0.39 is 17.8 Å². The Morgan fingerprint density at radius 3 is 2.48 bits per heavy atom. The number of carbonyl (C=O) groups is 2. The van der Waals surface area contributed by atoms with Crippen LogP contribution in [0.25, 0.3) is 0 Å². The highest BCUT2D eigenvalue weighted by Gasteiger charge is 2.55. The van der Waals surface area contributed by atoms with Gasteiger partial charge in [-0.15, -0.1) is 0 Å². The quantitative estimate of drug-likeness (QED) is 0.871. The number of fused-ring (bicyclic) bond motifs is 3. The molecule has 0 unspecified atom stereocenters. The number of amides is 1. The Morgan fingerprint density at radius 2 is 1.74 bits per heavy atom. The number of hydrogen-bond donors (Lipinski definition) is 2. The first-order chi connectivity index (χ1) is 11.1. The van der Waals surface area contributed by atoms with E-state index >= 15 is 0 Å². The van der Waals surface area contributed by atoms with Gasteiger partial charge in [-0.2, -0.15) is 0 Å². The van der Waals surface area contributed by atoms with Crippen LogP contribution in [-0.4, -0.2) is 42.4 Å². The fourth-order valence-electron chi connectivity index (χ4n) is 3.67. The average molecular weight is 319 g/mol. The summed E-state index contributed by atoms with van der Waals surface area (Å²) in [6, 6.07) is 5.14. The number of carbonyl (C=O) groups excluding carboxylic acids is 1. The SMILES string of the molecule is O=C(Nc1ccc2c(c1)OCCO2)[C@@H]1[C@H](C(=O)O)[C@H]2CC[C@H]1O2. The molecule has 0 saturated carbocycles. The van der Waals surface area contributed by atoms with E-state index in [4.69, 9.17) is 14.2 Å². The van der Waals surface area contributed by atoms with Crippen LogP contribution in [0.2, 0.25) is 0 Å². The predicted molar refractivity (Wildman–Crippen MR) is 78.6 cm³/mol. The zero-order valence-corrected chi connectivity index (χ0v) is 12.4. The third-order valence-electron chi connectivity index (χ3n) is 4.67. The fraction of sp³-hybridized carbons (Fsp3) is 0.500. The van der Waals surface area contributed by atoms with Crippen molar-refractivity contribution in [3.8, 4) is 11.5 Å². The summed E-state index contributed by atoms with van der Waals surface area (Å²) in [5.74, 6) is -1.50. The predicted octanol–water partition coefficient (Wildman–Crippen LogP) is 1.27. The summed E-state index contributed by atoms with van der Waals surface area (Å²) in [4.78, 5) is 24.0. The Hall–Kier alpha value is -2.28. The van der Waals surface area contributed by atoms with Crippen LogP contribution in [0.3, 0.4) is 0 Å². The lowest BCUT2D eigenvalue weighted by Gasteiger charge is -2.24. The highest BCUT2D eigenvalue weighted by molar-refractivity contribution is 5.96. The molecule has 0 aromatic heterocycles. The average Bonchev–Trinajstić information content (AvgIpc) is 3.15. The van der Waals surface area contributed by atoms with E-state index in [9.17, 15) is 14.7 Å². The first kappa shape index (κ1) is 14.3. The van der Waals surface area contributed by atoms with Gasteiger partial charge < -0.3 is 24.6 Å². The van der Waals surface area contributed by atoms with E-state index in [1.165, 1.54) is 0 Å². The van der Waals surface area contributed by atoms with Gasteiger partial charge >= 0.3 is 5.97 Å². The van der Waals surface area contributed by atoms with E-state index in [2.05, 4.69) is 5.32 Å². The summed E-state index contributed by atoms with van der Waals surface area (Å²) in [6.45, 7) is 0.965. The van der Waals surface area contributed by atoms with E-state index in [1.54, 1.807) is 18.2 Å². The van der Waals surface area contributed by atoms with Crippen molar-refractivity contribution in [2.45, 2.75) is 25.0 Å². The number of hydrogen-bond acceptors (Lipinski definition) is 5. The monoisotopic (exact) mass is 319 g/mol. The molecule has 1 aromatic carbocycles. The van der Waals surface area contributed by atoms with Crippen molar-refractivity contribution in [3.63, 3.8) is 0 Å². The smallest absolute Gasteiger partial charge is 0.310 e. The van der Waals surface area contributed by atoms with Crippen molar-refractivity contribution in [1.82, 2.24) is 0 Å². The van der Waals surface area contributed by atoms with Crippen LogP contribution in [0.5, 0.6) is 11.5 Å². The summed E-state index contributed by atoms with van der Waals surface area (Å²) >= 11 is 0. The molecule has 122 valence electrons. The molecule has 3 aliphatic rings. The molecule has 0 radical (unpaired) electrons. The van der Waals surface area contributed by atoms with Gasteiger partial charge in [0, 0.05) is 11.8 Å². The molecule has 4 atom stereocenters. The Balaban J connectivity index is 1.52. The second-order valence-corrected chi connectivity index (χ2v) is 6.03. The molecule has 2 saturated heterocycles. The van der Waals surface area contributed by atoms with Crippen molar-refractivity contribution in [2.24, 2.45) is 11.8 Å². The van der Waals surface area contributed by atoms with Crippen LogP contribution in [-0.2, 0) is 14.3 Å². The molecule has 1 aromatic rings. The van der Waals surface area contributed by atoms with Gasteiger partial charge in [-0.1, -0.05) is 0 Å². The van der Waals surface area contributed by atoms with Crippen molar-refractivity contribution >= 4 is 17.6 Å². The van der Waals surface area contributed by atoms with Crippen LogP contribution < -0.4 is 14.8 Å². The van der Waals surface area contributed by atoms with Gasteiger partial charge in [0.2, 0.25) is 5.91 Å². The largest absolute Gasteiger partial charge is 0.486 e. The zero-order valence-electron chi connectivity index (χ0n) is 12.4. The van der Waals surface area contributed by atoms with E-state index in [0.717, 1.165) is 6.42 Å². The normalized spacial score (nSPS) is 31.0. The lowest BCUT2D eigenvalue weighted by Crippen LogP contribution is -2.40. The third-order valence-corrected chi connectivity index (χ3v) is 4.67. The number of anilines is 1. The molecule has 3 aliphatic heterocycles. The molecule has 2 fully saturated rings. The number of carboxylic acid groups (broad SMARTS) is 1. The minimum absolute atomic E-state index is 0.307. The van der Waals surface area contributed by atoms with Gasteiger partial charge in [-0.25, -0.2) is 0 Å². The van der Waals surface area contributed by atoms with Crippen LogP contribution >= 0.6 is 0 Å². The number of rotatable bonds is 3. The first-order valence-electron chi connectivity index (χ1n) is 7.72. The second-order valence-electron chi connectivity index (χ2n) is 6.03. The molecule has 2 bridgehead atoms. The summed E-state index contributed by atoms with van der Waals surface area (Å²) in [7, 11) is 0. The molecule has 4 rings (SSSR count). The van der Waals surface area contributed by atoms with Crippen molar-refractivity contribution in [2.75, 3.05) is 18.5 Å². The standard InChI is InChI=1S/C16H17NO6/c18-15(13-10-3-4-11(23-10)14(13)16(19)20)17-8-1-2-9-12(7-8)22-6-5-21-9/h1-2,7,10-11,13-14H,3-6H2,(H,17,18)(H,19,20)/t10-,11-,13+,14-/m1/s1. The number of carboxylic acids is 1. The number of aliphatic carboxylic acids is 1. The third kappa shape index (κ3) is 2.41. The highest BCUT2D eigenvalue weighted by atomic mass is 16.6. The Labute approximate surface area is 132 Å². The Kier molecular flexibility index (Phi) is 3.37. The summed E-state index contributed by atoms with van der Waals surface area (Å²) in [6.07, 6.45) is 0.773. The van der Waals surface area contributed by atoms with Crippen LogP contribution in [0.1, 0.15) is 12.8 Å². The van der Waals surface area contributed by atoms with Gasteiger partial charge in [0.1, 0.15) is 13.2 Å². The van der Waals surface area contributed by atoms with Crippen molar-refractivity contribution < 1.29 is 28.9 Å². The number of ether oxygens (including phenoxy) is 3. The minimum atomic E-state index is -0.973. The van der Waals surface area contributed by atoms with E-state index in [-0.39, 0.29) is 18.1 Å². The molecule has 3 heterocycles. The molecule has 7 heteroatoms. The Bertz CT molecular complexity index is 660. The van der Waals surface area contributed by atoms with Crippen molar-refractivity contribution in [1.29, 1.82) is 0 Å². The maximum absolute atomic E-state index is 12.6. The highest BCUT2D eigenvalue weighted by Crippen LogP contribution is 2.44.